The molecule has 17 rings (SSSR count). The molecule has 0 aliphatic carbocycles. The van der Waals surface area contributed by atoms with Crippen LogP contribution in [0.5, 0.6) is 23.0 Å². The number of fused-ring (bicyclic) bond motifs is 4. The van der Waals surface area contributed by atoms with Crippen molar-refractivity contribution < 1.29 is 90.8 Å². The van der Waals surface area contributed by atoms with Gasteiger partial charge in [0.1, 0.15) is 56.3 Å². The fourth-order valence-corrected chi connectivity index (χ4v) is 16.8. The van der Waals surface area contributed by atoms with E-state index in [2.05, 4.69) is 105 Å². The Hall–Kier alpha value is -16.0. The molecule has 8 aromatic rings. The number of hydrogen-bond donors (Lipinski definition) is 6. The number of piperazine rings is 1. The van der Waals surface area contributed by atoms with Crippen LogP contribution in [0.15, 0.2) is 158 Å². The van der Waals surface area contributed by atoms with Crippen molar-refractivity contribution >= 4 is 94.4 Å². The van der Waals surface area contributed by atoms with E-state index in [4.69, 9.17) is 24.7 Å². The number of rotatable bonds is 21. The van der Waals surface area contributed by atoms with Crippen molar-refractivity contribution in [3.8, 4) is 70.4 Å². The second kappa shape index (κ2) is 40.5. The van der Waals surface area contributed by atoms with Crippen LogP contribution >= 0.6 is 0 Å². The second-order valence-electron chi connectivity index (χ2n) is 33.9. The summed E-state index contributed by atoms with van der Waals surface area (Å²) < 4.78 is 25.5. The molecule has 0 saturated carbocycles. The van der Waals surface area contributed by atoms with Gasteiger partial charge in [0.15, 0.2) is 0 Å². The van der Waals surface area contributed by atoms with E-state index in [-0.39, 0.29) is 100 Å². The Kier molecular flexibility index (Phi) is 28.5. The standard InChI is InChI=1S/C26H27N5O4.C25H27N5O4.C25H22N2O6.C24H21N3O5/c1-29-10-12-30(13-11-29)23-18(4-3-9-27-23)7-8-26(15-22(32)28-25(26)34)17-31-16-19-5-6-20(35-2)14-21(19)24(31)33;1-29(2)12-11-27-22-17(5-4-10-26-22)8-9-25(14-21(31)28-24(25)33)16-30-15-18-6-7-19(34-3)13-20(18)23(30)32;1-32-19-8-7-18-14-27(23(30)20(18)12-19)15-25(13-21(28)26-24(25)31)10-9-16-3-5-17(6-4-16)11-22(29)33-2;1-32-18-7-6-17-13-27(22(30)19(17)11-18)14-24(12-21(29)26-23(24)31)9-8-15-2-4-16(5-3-15)10-20(25)28/h3-6,9,14H,10-13,15-17H2,1-2H3,(H,28,32,34);4-7,10,13H,11-12,14-16H2,1-3H3,(H,26,27)(H,28,31,33);3-8,12H,11,13-15H2,1-2H3,(H,26,28,31);2-7,11H,10,12-14H2,1H3,(H2,25,28)(H,26,29,31)/t;2*25-;24-/m.111/s1. The Morgan fingerprint density at radius 1 is 0.433 bits per heavy atom. The van der Waals surface area contributed by atoms with E-state index >= 15 is 0 Å². The molecule has 11 heterocycles. The average Bonchev–Trinajstić information content (AvgIpc) is 1.63. The molecular weight excluding hydrogens is 1720 g/mol. The van der Waals surface area contributed by atoms with Gasteiger partial charge in [0.25, 0.3) is 23.6 Å². The summed E-state index contributed by atoms with van der Waals surface area (Å²) in [5, 5.41) is 12.6. The first-order valence-electron chi connectivity index (χ1n) is 42.9. The van der Waals surface area contributed by atoms with Crippen molar-refractivity contribution in [3.05, 3.63) is 236 Å². The monoisotopic (exact) mass is 1810 g/mol. The topological polar surface area (TPSA) is 420 Å². The molecule has 0 spiro atoms. The fraction of sp³-hybridized carbons (Fsp3) is 0.320. The zero-order chi connectivity index (χ0) is 95.3. The summed E-state index contributed by atoms with van der Waals surface area (Å²) in [5.41, 5.74) is 9.40. The molecule has 9 aliphatic heterocycles. The number of esters is 1. The lowest BCUT2D eigenvalue weighted by molar-refractivity contribution is -0.140. The number of aromatic nitrogens is 2. The highest BCUT2D eigenvalue weighted by atomic mass is 16.5. The van der Waals surface area contributed by atoms with Gasteiger partial charge in [-0.1, -0.05) is 95.9 Å². The Morgan fingerprint density at radius 3 is 1.10 bits per heavy atom. The lowest BCUT2D eigenvalue weighted by Crippen LogP contribution is -2.45. The number of carbonyl (C=O) groups excluding carboxylic acids is 14. The first kappa shape index (κ1) is 94.1. The number of primary amides is 1. The lowest BCUT2D eigenvalue weighted by Gasteiger charge is -2.33. The van der Waals surface area contributed by atoms with Crippen molar-refractivity contribution in [2.24, 2.45) is 27.4 Å². The summed E-state index contributed by atoms with van der Waals surface area (Å²) in [4.78, 5) is 196. The van der Waals surface area contributed by atoms with Crippen molar-refractivity contribution in [2.45, 2.75) is 64.7 Å². The molecule has 2 aromatic heterocycles. The summed E-state index contributed by atoms with van der Waals surface area (Å²) in [6.07, 6.45) is 3.22. The van der Waals surface area contributed by atoms with Gasteiger partial charge in [-0.05, 0) is 152 Å². The molecule has 5 saturated heterocycles. The number of nitrogens with two attached hydrogens (primary N) is 1. The zero-order valence-corrected chi connectivity index (χ0v) is 75.0. The minimum Gasteiger partial charge on any atom is -0.497 e. The quantitative estimate of drug-likeness (QED) is 0.0333. The number of likely N-dealkylation sites (N-methyl/N-ethyl adjacent to an activating group) is 2. The summed E-state index contributed by atoms with van der Waals surface area (Å²) in [5.74, 6) is 22.6. The van der Waals surface area contributed by atoms with Crippen LogP contribution in [0.2, 0.25) is 0 Å². The minimum atomic E-state index is -1.34. The van der Waals surface area contributed by atoms with Crippen molar-refractivity contribution in [1.29, 1.82) is 0 Å². The maximum atomic E-state index is 13.1. The van der Waals surface area contributed by atoms with E-state index in [1.807, 2.05) is 61.5 Å². The summed E-state index contributed by atoms with van der Waals surface area (Å²) in [7, 11) is 13.5. The second-order valence-corrected chi connectivity index (χ2v) is 33.9. The third kappa shape index (κ3) is 21.3. The number of anilines is 2. The SMILES string of the molecule is COC(=O)Cc1ccc(C#C[C@]2(CN3Cc4ccc(OC)cc4C3=O)CC(=O)NC2=O)cc1.COc1ccc2c(c1)C(=O)N(CC1(C#Cc3cccnc3N3CCN(C)CC3)CC(=O)NC1=O)C2.COc1ccc2c(c1)C(=O)N(C[C@@]1(C#Cc3ccc(CC(N)=O)cc3)CC(=O)NC1=O)C2.COc1ccc2c(c1)C(=O)N(C[C@@]1(C#Cc3cccnc3NCCN(C)C)CC(=O)NC1=O)C2. The van der Waals surface area contributed by atoms with Gasteiger partial charge in [-0.15, -0.1) is 0 Å². The van der Waals surface area contributed by atoms with Crippen LogP contribution in [-0.2, 0) is 91.7 Å². The molecule has 9 aliphatic rings. The number of nitrogens with zero attached hydrogens (tertiary/aromatic N) is 9. The summed E-state index contributed by atoms with van der Waals surface area (Å²) >= 11 is 0. The number of nitrogens with one attached hydrogen (secondary N) is 5. The maximum Gasteiger partial charge on any atom is 0.309 e. The van der Waals surface area contributed by atoms with E-state index in [9.17, 15) is 67.1 Å². The maximum absolute atomic E-state index is 13.1. The van der Waals surface area contributed by atoms with Gasteiger partial charge in [-0.2, -0.15) is 0 Å². The van der Waals surface area contributed by atoms with Crippen molar-refractivity contribution in [3.63, 3.8) is 0 Å². The Balaban J connectivity index is 0.000000143. The molecule has 34 nitrogen and oxygen atoms in total. The highest BCUT2D eigenvalue weighted by Crippen LogP contribution is 2.40. The normalized spacial score (nSPS) is 19.9. The molecule has 1 unspecified atom stereocenters. The number of ether oxygens (including phenoxy) is 5. The highest BCUT2D eigenvalue weighted by Gasteiger charge is 2.53. The van der Waals surface area contributed by atoms with Gasteiger partial charge < -0.3 is 69.0 Å². The van der Waals surface area contributed by atoms with Gasteiger partial charge in [0.05, 0.1) is 85.2 Å². The number of amides is 13. The number of benzene rings is 6. The molecule has 7 N–H and O–H groups in total. The fourth-order valence-electron chi connectivity index (χ4n) is 16.8. The van der Waals surface area contributed by atoms with E-state index in [1.165, 1.54) is 31.1 Å². The molecule has 0 radical (unpaired) electrons. The smallest absolute Gasteiger partial charge is 0.309 e. The van der Waals surface area contributed by atoms with Crippen LogP contribution in [0.1, 0.15) is 123 Å². The van der Waals surface area contributed by atoms with E-state index < -0.39 is 68.9 Å². The largest absolute Gasteiger partial charge is 0.497 e. The predicted molar refractivity (Wildman–Crippen MR) is 486 cm³/mol. The molecule has 34 heteroatoms. The average molecular weight is 1810 g/mol. The zero-order valence-electron chi connectivity index (χ0n) is 75.0. The van der Waals surface area contributed by atoms with Crippen LogP contribution in [0, 0.1) is 69.0 Å². The molecule has 134 heavy (non-hydrogen) atoms. The first-order valence-corrected chi connectivity index (χ1v) is 42.9. The van der Waals surface area contributed by atoms with Gasteiger partial charge in [0, 0.05) is 137 Å². The Labute approximate surface area is 772 Å². The highest BCUT2D eigenvalue weighted by molar-refractivity contribution is 6.12. The summed E-state index contributed by atoms with van der Waals surface area (Å²) in [6, 6.07) is 42.3. The third-order valence-corrected chi connectivity index (χ3v) is 24.1. The minimum absolute atomic E-state index is 0.00612. The number of imide groups is 4. The summed E-state index contributed by atoms with van der Waals surface area (Å²) in [6.45, 7) is 6.35. The van der Waals surface area contributed by atoms with Crippen molar-refractivity contribution in [2.75, 3.05) is 132 Å². The van der Waals surface area contributed by atoms with E-state index in [0.29, 0.717) is 106 Å². The predicted octanol–water partition coefficient (Wildman–Crippen LogP) is 4.20. The number of carbonyl (C=O) groups is 14. The Bertz CT molecular complexity index is 6380. The van der Waals surface area contributed by atoms with E-state index in [1.54, 1.807) is 140 Å². The first-order chi connectivity index (χ1) is 64.3. The van der Waals surface area contributed by atoms with Crippen LogP contribution in [-0.4, -0.2) is 244 Å². The van der Waals surface area contributed by atoms with Gasteiger partial charge in [-0.25, -0.2) is 9.97 Å². The van der Waals surface area contributed by atoms with Crippen molar-refractivity contribution in [1.82, 2.24) is 60.6 Å². The van der Waals surface area contributed by atoms with Crippen LogP contribution in [0.4, 0.5) is 11.6 Å². The van der Waals surface area contributed by atoms with Gasteiger partial charge >= 0.3 is 5.97 Å². The Morgan fingerprint density at radius 2 is 0.769 bits per heavy atom. The molecule has 6 aromatic carbocycles. The molecule has 5 fully saturated rings. The molecule has 13 amide bonds. The van der Waals surface area contributed by atoms with Gasteiger partial charge in [0.2, 0.25) is 53.2 Å². The number of methoxy groups -OCH3 is 5. The molecule has 0 bridgehead atoms. The molecular formula is C100H97N15O19. The van der Waals surface area contributed by atoms with Crippen LogP contribution < -0.4 is 56.2 Å². The number of pyridine rings is 2. The molecule has 686 valence electrons. The van der Waals surface area contributed by atoms with Gasteiger partial charge in [-0.3, -0.25) is 88.4 Å². The lowest BCUT2D eigenvalue weighted by atomic mass is 9.85. The van der Waals surface area contributed by atoms with Crippen LogP contribution in [0.3, 0.4) is 0 Å². The molecule has 4 atom stereocenters. The number of hydrogen-bond acceptors (Lipinski definition) is 25. The van der Waals surface area contributed by atoms with E-state index in [0.717, 1.165) is 71.9 Å². The third-order valence-electron chi connectivity index (χ3n) is 24.1. The van der Waals surface area contributed by atoms with Crippen LogP contribution in [0.25, 0.3) is 0 Å².